The molecule has 3 aromatic rings. The third-order valence-corrected chi connectivity index (χ3v) is 3.92. The van der Waals surface area contributed by atoms with Crippen molar-refractivity contribution in [2.75, 3.05) is 13.2 Å². The lowest BCUT2D eigenvalue weighted by Crippen LogP contribution is -2.30. The van der Waals surface area contributed by atoms with E-state index in [1.54, 1.807) is 36.4 Å². The summed E-state index contributed by atoms with van der Waals surface area (Å²) in [6, 6.07) is 12.8. The number of ether oxygens (including phenoxy) is 1. The molecule has 1 N–H and O–H groups in total. The number of amides is 1. The third kappa shape index (κ3) is 4.40. The molecule has 0 spiro atoms. The van der Waals surface area contributed by atoms with Crippen molar-refractivity contribution >= 4 is 34.4 Å². The van der Waals surface area contributed by atoms with Crippen molar-refractivity contribution in [2.45, 2.75) is 6.42 Å². The zero-order valence-corrected chi connectivity index (χ0v) is 14.4. The Bertz CT molecular complexity index is 954. The highest BCUT2D eigenvalue weighted by Gasteiger charge is 2.15. The normalized spacial score (nSPS) is 10.7. The van der Waals surface area contributed by atoms with Crippen molar-refractivity contribution in [3.8, 4) is 0 Å². The van der Waals surface area contributed by atoms with Gasteiger partial charge in [-0.1, -0.05) is 29.8 Å². The summed E-state index contributed by atoms with van der Waals surface area (Å²) in [5.41, 5.74) is 1.00. The molecule has 0 aliphatic rings. The van der Waals surface area contributed by atoms with Gasteiger partial charge in [-0.25, -0.2) is 9.18 Å². The predicted octanol–water partition coefficient (Wildman–Crippen LogP) is 3.74. The number of furan rings is 1. The van der Waals surface area contributed by atoms with Gasteiger partial charge in [-0.2, -0.15) is 0 Å². The SMILES string of the molecule is O=C(COC(=O)c1cc2cc(Cl)ccc2o1)NCCc1ccccc1F. The maximum atomic E-state index is 13.5. The zero-order chi connectivity index (χ0) is 18.5. The lowest BCUT2D eigenvalue weighted by atomic mass is 10.1. The molecule has 0 radical (unpaired) electrons. The summed E-state index contributed by atoms with van der Waals surface area (Å²) < 4.78 is 23.8. The molecule has 0 saturated heterocycles. The molecule has 5 nitrogen and oxygen atoms in total. The lowest BCUT2D eigenvalue weighted by Gasteiger charge is -2.06. The maximum Gasteiger partial charge on any atom is 0.374 e. The summed E-state index contributed by atoms with van der Waals surface area (Å²) in [5, 5.41) is 3.75. The Morgan fingerprint density at radius 1 is 1.15 bits per heavy atom. The van der Waals surface area contributed by atoms with Gasteiger partial charge in [0, 0.05) is 17.0 Å². The molecule has 0 fully saturated rings. The Morgan fingerprint density at radius 2 is 1.96 bits per heavy atom. The maximum absolute atomic E-state index is 13.5. The number of fused-ring (bicyclic) bond motifs is 1. The summed E-state index contributed by atoms with van der Waals surface area (Å²) in [4.78, 5) is 23.7. The summed E-state index contributed by atoms with van der Waals surface area (Å²) >= 11 is 5.88. The molecule has 2 aromatic carbocycles. The van der Waals surface area contributed by atoms with Crippen molar-refractivity contribution in [1.29, 1.82) is 0 Å². The smallest absolute Gasteiger partial charge is 0.374 e. The van der Waals surface area contributed by atoms with Crippen molar-refractivity contribution in [1.82, 2.24) is 5.32 Å². The largest absolute Gasteiger partial charge is 0.450 e. The molecule has 0 aliphatic heterocycles. The molecule has 1 aromatic heterocycles. The highest BCUT2D eigenvalue weighted by molar-refractivity contribution is 6.31. The van der Waals surface area contributed by atoms with Crippen LogP contribution < -0.4 is 5.32 Å². The van der Waals surface area contributed by atoms with Crippen LogP contribution in [0.1, 0.15) is 16.1 Å². The highest BCUT2D eigenvalue weighted by atomic mass is 35.5. The second kappa shape index (κ2) is 8.01. The molecule has 0 aliphatic carbocycles. The summed E-state index contributed by atoms with van der Waals surface area (Å²) in [6.07, 6.45) is 0.344. The summed E-state index contributed by atoms with van der Waals surface area (Å²) in [6.45, 7) is -0.214. The molecule has 134 valence electrons. The van der Waals surface area contributed by atoms with E-state index in [0.29, 0.717) is 28.0 Å². The fraction of sp³-hybridized carbons (Fsp3) is 0.158. The molecule has 0 bridgehead atoms. The van der Waals surface area contributed by atoms with E-state index in [2.05, 4.69) is 5.32 Å². The van der Waals surface area contributed by atoms with Crippen LogP contribution in [0.5, 0.6) is 0 Å². The minimum Gasteiger partial charge on any atom is -0.450 e. The molecule has 0 saturated carbocycles. The van der Waals surface area contributed by atoms with Crippen LogP contribution in [-0.4, -0.2) is 25.0 Å². The van der Waals surface area contributed by atoms with Crippen LogP contribution in [-0.2, 0) is 16.0 Å². The van der Waals surface area contributed by atoms with Crippen LogP contribution in [0.25, 0.3) is 11.0 Å². The van der Waals surface area contributed by atoms with Crippen LogP contribution in [0, 0.1) is 5.82 Å². The molecule has 1 amide bonds. The molecule has 0 unspecified atom stereocenters. The molecular weight excluding hydrogens is 361 g/mol. The van der Waals surface area contributed by atoms with Gasteiger partial charge in [-0.15, -0.1) is 0 Å². The van der Waals surface area contributed by atoms with Crippen LogP contribution >= 0.6 is 11.6 Å². The minimum absolute atomic E-state index is 0.0126. The van der Waals surface area contributed by atoms with E-state index in [9.17, 15) is 14.0 Å². The minimum atomic E-state index is -0.749. The second-order valence-corrected chi connectivity index (χ2v) is 6.00. The van der Waals surface area contributed by atoms with Gasteiger partial charge in [-0.3, -0.25) is 4.79 Å². The van der Waals surface area contributed by atoms with E-state index >= 15 is 0 Å². The van der Waals surface area contributed by atoms with E-state index in [-0.39, 0.29) is 18.1 Å². The van der Waals surface area contributed by atoms with Gasteiger partial charge in [0.05, 0.1) is 0 Å². The van der Waals surface area contributed by atoms with E-state index in [0.717, 1.165) is 0 Å². The summed E-state index contributed by atoms with van der Waals surface area (Å²) in [5.74, 6) is -1.56. The Hall–Kier alpha value is -2.86. The zero-order valence-electron chi connectivity index (χ0n) is 13.6. The van der Waals surface area contributed by atoms with Gasteiger partial charge in [-0.05, 0) is 42.3 Å². The first-order chi connectivity index (χ1) is 12.5. The monoisotopic (exact) mass is 375 g/mol. The number of hydrogen-bond donors (Lipinski definition) is 1. The van der Waals surface area contributed by atoms with E-state index < -0.39 is 18.5 Å². The highest BCUT2D eigenvalue weighted by Crippen LogP contribution is 2.23. The van der Waals surface area contributed by atoms with Crippen LogP contribution in [0.4, 0.5) is 4.39 Å². The average Bonchev–Trinajstić information content (AvgIpc) is 3.04. The Balaban J connectivity index is 1.47. The quantitative estimate of drug-likeness (QED) is 0.666. The number of benzene rings is 2. The molecule has 1 heterocycles. The number of nitrogens with one attached hydrogen (secondary N) is 1. The molecule has 3 rings (SSSR count). The van der Waals surface area contributed by atoms with Crippen LogP contribution in [0.2, 0.25) is 5.02 Å². The molecule has 26 heavy (non-hydrogen) atoms. The first-order valence-electron chi connectivity index (χ1n) is 7.89. The number of carbonyl (C=O) groups excluding carboxylic acids is 2. The van der Waals surface area contributed by atoms with Gasteiger partial charge in [0.2, 0.25) is 5.76 Å². The summed E-state index contributed by atoms with van der Waals surface area (Å²) in [7, 11) is 0. The number of halogens is 2. The number of hydrogen-bond acceptors (Lipinski definition) is 4. The number of rotatable bonds is 6. The topological polar surface area (TPSA) is 68.5 Å². The molecule has 0 atom stereocenters. The fourth-order valence-corrected chi connectivity index (χ4v) is 2.59. The average molecular weight is 376 g/mol. The first kappa shape index (κ1) is 17.9. The molecular formula is C19H15ClFNO4. The van der Waals surface area contributed by atoms with Crippen LogP contribution in [0.3, 0.4) is 0 Å². The Labute approximate surface area is 153 Å². The number of esters is 1. The fourth-order valence-electron chi connectivity index (χ4n) is 2.41. The van der Waals surface area contributed by atoms with E-state index in [4.69, 9.17) is 20.8 Å². The van der Waals surface area contributed by atoms with Gasteiger partial charge in [0.25, 0.3) is 5.91 Å². The number of carbonyl (C=O) groups is 2. The van der Waals surface area contributed by atoms with Crippen LogP contribution in [0.15, 0.2) is 52.9 Å². The first-order valence-corrected chi connectivity index (χ1v) is 8.27. The van der Waals surface area contributed by atoms with Crippen molar-refractivity contribution in [2.24, 2.45) is 0 Å². The second-order valence-electron chi connectivity index (χ2n) is 5.56. The van der Waals surface area contributed by atoms with Crippen molar-refractivity contribution < 1.29 is 23.1 Å². The van der Waals surface area contributed by atoms with Gasteiger partial charge < -0.3 is 14.5 Å². The van der Waals surface area contributed by atoms with Crippen molar-refractivity contribution in [3.63, 3.8) is 0 Å². The Kier molecular flexibility index (Phi) is 5.53. The van der Waals surface area contributed by atoms with E-state index in [1.807, 2.05) is 0 Å². The van der Waals surface area contributed by atoms with Gasteiger partial charge >= 0.3 is 5.97 Å². The molecule has 7 heteroatoms. The van der Waals surface area contributed by atoms with Gasteiger partial charge in [0.15, 0.2) is 6.61 Å². The Morgan fingerprint density at radius 3 is 2.77 bits per heavy atom. The predicted molar refractivity (Wildman–Crippen MR) is 94.6 cm³/mol. The third-order valence-electron chi connectivity index (χ3n) is 3.69. The standard InChI is InChI=1S/C19H15ClFNO4/c20-14-5-6-16-13(9-14)10-17(26-16)19(24)25-11-18(23)22-8-7-12-3-1-2-4-15(12)21/h1-6,9-10H,7-8,11H2,(H,22,23). The van der Waals surface area contributed by atoms with E-state index in [1.165, 1.54) is 12.1 Å². The lowest BCUT2D eigenvalue weighted by molar-refractivity contribution is -0.124. The van der Waals surface area contributed by atoms with Gasteiger partial charge in [0.1, 0.15) is 11.4 Å². The van der Waals surface area contributed by atoms with Crippen molar-refractivity contribution in [3.05, 3.63) is 70.7 Å².